The Morgan fingerprint density at radius 1 is 1.44 bits per heavy atom. The molecule has 1 amide bonds. The van der Waals surface area contributed by atoms with Crippen molar-refractivity contribution in [1.82, 2.24) is 5.32 Å². The van der Waals surface area contributed by atoms with E-state index in [2.05, 4.69) is 10.6 Å². The zero-order valence-electron chi connectivity index (χ0n) is 9.71. The Hall–Kier alpha value is -1.14. The molecule has 1 atom stereocenters. The molecule has 0 spiro atoms. The number of hydrogen-bond acceptors (Lipinski definition) is 3. The van der Waals surface area contributed by atoms with Crippen LogP contribution in [0.25, 0.3) is 0 Å². The standard InChI is InChI=1S/C12H14F2N2OS/c13-10-2-1-8(5-11(10)14)16-12(17)6-9-7-18-4-3-15-9/h1-2,5,9,15H,3-4,6-7H2,(H,16,17). The highest BCUT2D eigenvalue weighted by molar-refractivity contribution is 7.99. The van der Waals surface area contributed by atoms with Crippen molar-refractivity contribution in [3.05, 3.63) is 29.8 Å². The molecule has 1 fully saturated rings. The van der Waals surface area contributed by atoms with Crippen molar-refractivity contribution < 1.29 is 13.6 Å². The zero-order valence-corrected chi connectivity index (χ0v) is 10.5. The number of carbonyl (C=O) groups excluding carboxylic acids is 1. The molecule has 18 heavy (non-hydrogen) atoms. The summed E-state index contributed by atoms with van der Waals surface area (Å²) in [5.41, 5.74) is 0.280. The van der Waals surface area contributed by atoms with Crippen molar-refractivity contribution in [2.24, 2.45) is 0 Å². The molecule has 6 heteroatoms. The molecule has 1 saturated heterocycles. The molecule has 3 nitrogen and oxygen atoms in total. The van der Waals surface area contributed by atoms with Crippen molar-refractivity contribution in [3.63, 3.8) is 0 Å². The Morgan fingerprint density at radius 3 is 2.94 bits per heavy atom. The number of carbonyl (C=O) groups is 1. The van der Waals surface area contributed by atoms with Crippen LogP contribution in [0.1, 0.15) is 6.42 Å². The van der Waals surface area contributed by atoms with E-state index in [1.54, 1.807) is 11.8 Å². The Kier molecular flexibility index (Phi) is 4.54. The maximum absolute atomic E-state index is 12.9. The number of nitrogens with one attached hydrogen (secondary N) is 2. The number of anilines is 1. The predicted molar refractivity (Wildman–Crippen MR) is 68.7 cm³/mol. The molecule has 98 valence electrons. The van der Waals surface area contributed by atoms with Gasteiger partial charge in [0.25, 0.3) is 0 Å². The van der Waals surface area contributed by atoms with Crippen LogP contribution >= 0.6 is 11.8 Å². The van der Waals surface area contributed by atoms with E-state index in [0.29, 0.717) is 6.42 Å². The van der Waals surface area contributed by atoms with Gasteiger partial charge in [0.2, 0.25) is 5.91 Å². The molecule has 2 rings (SSSR count). The summed E-state index contributed by atoms with van der Waals surface area (Å²) in [6, 6.07) is 3.48. The molecule has 1 aliphatic heterocycles. The first-order chi connectivity index (χ1) is 8.65. The van der Waals surface area contributed by atoms with E-state index < -0.39 is 11.6 Å². The summed E-state index contributed by atoms with van der Waals surface area (Å²) in [5.74, 6) is -0.120. The number of amides is 1. The number of rotatable bonds is 3. The smallest absolute Gasteiger partial charge is 0.225 e. The first-order valence-electron chi connectivity index (χ1n) is 5.71. The van der Waals surface area contributed by atoms with Crippen LogP contribution < -0.4 is 10.6 Å². The van der Waals surface area contributed by atoms with Crippen LogP contribution in [0.2, 0.25) is 0 Å². The number of hydrogen-bond donors (Lipinski definition) is 2. The van der Waals surface area contributed by atoms with Crippen molar-refractivity contribution >= 4 is 23.4 Å². The van der Waals surface area contributed by atoms with E-state index in [0.717, 1.165) is 30.2 Å². The van der Waals surface area contributed by atoms with Gasteiger partial charge in [-0.2, -0.15) is 11.8 Å². The van der Waals surface area contributed by atoms with Crippen LogP contribution in [0, 0.1) is 11.6 Å². The fourth-order valence-electron chi connectivity index (χ4n) is 1.76. The molecule has 1 unspecified atom stereocenters. The van der Waals surface area contributed by atoms with Crippen LogP contribution in [-0.4, -0.2) is 30.0 Å². The van der Waals surface area contributed by atoms with Gasteiger partial charge >= 0.3 is 0 Å². The van der Waals surface area contributed by atoms with Gasteiger partial charge in [-0.25, -0.2) is 8.78 Å². The highest BCUT2D eigenvalue weighted by Gasteiger charge is 2.16. The molecule has 0 aliphatic carbocycles. The van der Waals surface area contributed by atoms with Gasteiger partial charge in [0.1, 0.15) is 0 Å². The molecular formula is C12H14F2N2OS. The SMILES string of the molecule is O=C(CC1CSCCN1)Nc1ccc(F)c(F)c1. The average Bonchev–Trinajstić information content (AvgIpc) is 2.35. The molecule has 0 aromatic heterocycles. The van der Waals surface area contributed by atoms with Gasteiger partial charge in [-0.3, -0.25) is 4.79 Å². The van der Waals surface area contributed by atoms with Crippen molar-refractivity contribution in [1.29, 1.82) is 0 Å². The average molecular weight is 272 g/mol. The molecule has 0 saturated carbocycles. The second-order valence-electron chi connectivity index (χ2n) is 4.11. The van der Waals surface area contributed by atoms with Crippen molar-refractivity contribution in [2.45, 2.75) is 12.5 Å². The Morgan fingerprint density at radius 2 is 2.28 bits per heavy atom. The topological polar surface area (TPSA) is 41.1 Å². The number of halogens is 2. The summed E-state index contributed by atoms with van der Waals surface area (Å²) in [7, 11) is 0. The molecule has 1 aromatic rings. The summed E-state index contributed by atoms with van der Waals surface area (Å²) in [5, 5.41) is 5.80. The summed E-state index contributed by atoms with van der Waals surface area (Å²) in [4.78, 5) is 11.7. The highest BCUT2D eigenvalue weighted by atomic mass is 32.2. The van der Waals surface area contributed by atoms with Crippen LogP contribution in [-0.2, 0) is 4.79 Å². The van der Waals surface area contributed by atoms with E-state index in [-0.39, 0.29) is 17.6 Å². The number of thioether (sulfide) groups is 1. The lowest BCUT2D eigenvalue weighted by Crippen LogP contribution is -2.39. The monoisotopic (exact) mass is 272 g/mol. The number of benzene rings is 1. The van der Waals surface area contributed by atoms with Gasteiger partial charge in [-0.15, -0.1) is 0 Å². The Balaban J connectivity index is 1.88. The molecule has 1 heterocycles. The first kappa shape index (κ1) is 13.3. The van der Waals surface area contributed by atoms with Gasteiger partial charge in [0.05, 0.1) is 0 Å². The maximum Gasteiger partial charge on any atom is 0.225 e. The van der Waals surface area contributed by atoms with Crippen LogP contribution in [0.3, 0.4) is 0 Å². The second kappa shape index (κ2) is 6.15. The van der Waals surface area contributed by atoms with E-state index >= 15 is 0 Å². The van der Waals surface area contributed by atoms with E-state index in [1.807, 2.05) is 0 Å². The fourth-order valence-corrected chi connectivity index (χ4v) is 2.71. The second-order valence-corrected chi connectivity index (χ2v) is 5.26. The molecule has 1 aliphatic rings. The first-order valence-corrected chi connectivity index (χ1v) is 6.86. The molecule has 1 aromatic carbocycles. The van der Waals surface area contributed by atoms with Gasteiger partial charge in [0.15, 0.2) is 11.6 Å². The third-order valence-corrected chi connectivity index (χ3v) is 3.76. The summed E-state index contributed by atoms with van der Waals surface area (Å²) in [6.07, 6.45) is 0.339. The van der Waals surface area contributed by atoms with Crippen LogP contribution in [0.4, 0.5) is 14.5 Å². The minimum absolute atomic E-state index is 0.147. The lowest BCUT2D eigenvalue weighted by molar-refractivity contribution is -0.116. The third-order valence-electron chi connectivity index (χ3n) is 2.63. The Labute approximate surface area is 108 Å². The normalized spacial score (nSPS) is 19.6. The molecule has 2 N–H and O–H groups in total. The maximum atomic E-state index is 12.9. The molecular weight excluding hydrogens is 258 g/mol. The van der Waals surface area contributed by atoms with Crippen molar-refractivity contribution in [2.75, 3.05) is 23.4 Å². The van der Waals surface area contributed by atoms with E-state index in [1.165, 1.54) is 6.07 Å². The fraction of sp³-hybridized carbons (Fsp3) is 0.417. The van der Waals surface area contributed by atoms with Crippen molar-refractivity contribution in [3.8, 4) is 0 Å². The summed E-state index contributed by atoms with van der Waals surface area (Å²) < 4.78 is 25.7. The zero-order chi connectivity index (χ0) is 13.0. The molecule has 0 radical (unpaired) electrons. The largest absolute Gasteiger partial charge is 0.326 e. The quantitative estimate of drug-likeness (QED) is 0.884. The van der Waals surface area contributed by atoms with E-state index in [4.69, 9.17) is 0 Å². The highest BCUT2D eigenvalue weighted by Crippen LogP contribution is 2.15. The predicted octanol–water partition coefficient (Wildman–Crippen LogP) is 2.00. The summed E-state index contributed by atoms with van der Waals surface area (Å²) >= 11 is 1.80. The van der Waals surface area contributed by atoms with E-state index in [9.17, 15) is 13.6 Å². The van der Waals surface area contributed by atoms with Gasteiger partial charge < -0.3 is 10.6 Å². The Bertz CT molecular complexity index is 436. The van der Waals surface area contributed by atoms with Crippen LogP contribution in [0.5, 0.6) is 0 Å². The minimum atomic E-state index is -0.959. The van der Waals surface area contributed by atoms with Gasteiger partial charge in [-0.05, 0) is 12.1 Å². The third kappa shape index (κ3) is 3.68. The lowest BCUT2D eigenvalue weighted by atomic mass is 10.2. The molecule has 0 bridgehead atoms. The lowest BCUT2D eigenvalue weighted by Gasteiger charge is -2.22. The summed E-state index contributed by atoms with van der Waals surface area (Å²) in [6.45, 7) is 0.897. The van der Waals surface area contributed by atoms with Gasteiger partial charge in [-0.1, -0.05) is 0 Å². The minimum Gasteiger partial charge on any atom is -0.326 e. The van der Waals surface area contributed by atoms with Gasteiger partial charge in [0, 0.05) is 42.3 Å². The van der Waals surface area contributed by atoms with Crippen LogP contribution in [0.15, 0.2) is 18.2 Å².